The maximum atomic E-state index is 11.8. The first-order chi connectivity index (χ1) is 9.60. The summed E-state index contributed by atoms with van der Waals surface area (Å²) in [5, 5.41) is 12.7. The van der Waals surface area contributed by atoms with E-state index >= 15 is 0 Å². The van der Waals surface area contributed by atoms with Crippen molar-refractivity contribution in [3.63, 3.8) is 0 Å². The van der Waals surface area contributed by atoms with Gasteiger partial charge in [0.1, 0.15) is 5.01 Å². The Kier molecular flexibility index (Phi) is 4.87. The summed E-state index contributed by atoms with van der Waals surface area (Å²) >= 11 is 1.55. The summed E-state index contributed by atoms with van der Waals surface area (Å²) in [6.45, 7) is 3.83. The molecule has 5 heteroatoms. The topological polar surface area (TPSA) is 62.2 Å². The zero-order chi connectivity index (χ0) is 14.5. The van der Waals surface area contributed by atoms with Crippen molar-refractivity contribution in [2.75, 3.05) is 6.61 Å². The Morgan fingerprint density at radius 3 is 2.90 bits per heavy atom. The third-order valence-corrected chi connectivity index (χ3v) is 4.20. The van der Waals surface area contributed by atoms with Gasteiger partial charge in [0, 0.05) is 18.7 Å². The first-order valence-electron chi connectivity index (χ1n) is 6.55. The Morgan fingerprint density at radius 1 is 1.45 bits per heavy atom. The molecule has 1 aromatic carbocycles. The molecule has 1 heterocycles. The number of aromatic nitrogens is 1. The molecular weight excluding hydrogens is 272 g/mol. The second-order valence-corrected chi connectivity index (χ2v) is 5.87. The number of carbonyl (C=O) groups excluding carboxylic acids is 1. The Balaban J connectivity index is 2.00. The van der Waals surface area contributed by atoms with Crippen LogP contribution in [0.2, 0.25) is 0 Å². The quantitative estimate of drug-likeness (QED) is 0.831. The molecule has 2 atom stereocenters. The van der Waals surface area contributed by atoms with Gasteiger partial charge in [-0.25, -0.2) is 4.98 Å². The zero-order valence-electron chi connectivity index (χ0n) is 11.5. The predicted molar refractivity (Wildman–Crippen MR) is 82.5 cm³/mol. The number of hydrogen-bond donors (Lipinski definition) is 2. The first-order valence-corrected chi connectivity index (χ1v) is 7.37. The molecule has 1 amide bonds. The highest BCUT2D eigenvalue weighted by molar-refractivity contribution is 7.19. The van der Waals surface area contributed by atoms with Gasteiger partial charge < -0.3 is 10.4 Å². The number of amides is 1. The molecule has 2 aromatic rings. The fourth-order valence-corrected chi connectivity index (χ4v) is 2.55. The minimum absolute atomic E-state index is 0.0369. The number of rotatable bonds is 5. The summed E-state index contributed by atoms with van der Waals surface area (Å²) in [5.41, 5.74) is 0.944. The molecule has 0 spiro atoms. The molecule has 2 N–H and O–H groups in total. The van der Waals surface area contributed by atoms with Crippen molar-refractivity contribution in [1.82, 2.24) is 10.3 Å². The molecule has 2 rings (SSSR count). The number of benzene rings is 1. The van der Waals surface area contributed by atoms with Crippen LogP contribution in [0.25, 0.3) is 16.3 Å². The molecule has 4 nitrogen and oxygen atoms in total. The van der Waals surface area contributed by atoms with Crippen molar-refractivity contribution in [3.05, 3.63) is 35.3 Å². The van der Waals surface area contributed by atoms with Crippen LogP contribution in [0.1, 0.15) is 18.9 Å². The van der Waals surface area contributed by atoms with Gasteiger partial charge >= 0.3 is 0 Å². The number of hydrogen-bond acceptors (Lipinski definition) is 4. The van der Waals surface area contributed by atoms with Crippen molar-refractivity contribution >= 4 is 33.5 Å². The number of nitrogens with one attached hydrogen (secondary N) is 1. The molecule has 0 saturated carbocycles. The highest BCUT2D eigenvalue weighted by Gasteiger charge is 2.12. The number of para-hydroxylation sites is 1. The van der Waals surface area contributed by atoms with Crippen molar-refractivity contribution < 1.29 is 9.90 Å². The van der Waals surface area contributed by atoms with Crippen LogP contribution in [0.3, 0.4) is 0 Å². The van der Waals surface area contributed by atoms with Crippen LogP contribution in [0.15, 0.2) is 30.3 Å². The van der Waals surface area contributed by atoms with Crippen molar-refractivity contribution in [2.24, 2.45) is 5.92 Å². The summed E-state index contributed by atoms with van der Waals surface area (Å²) in [4.78, 5) is 16.2. The Bertz CT molecular complexity index is 588. The molecule has 1 aromatic heterocycles. The van der Waals surface area contributed by atoms with Gasteiger partial charge in [-0.05, 0) is 31.1 Å². The summed E-state index contributed by atoms with van der Waals surface area (Å²) in [5.74, 6) is -0.133. The van der Waals surface area contributed by atoms with E-state index in [1.54, 1.807) is 17.4 Å². The third kappa shape index (κ3) is 3.65. The number of thiazole rings is 1. The second-order valence-electron chi connectivity index (χ2n) is 4.81. The van der Waals surface area contributed by atoms with Gasteiger partial charge in [0.2, 0.25) is 5.91 Å². The Hall–Kier alpha value is -1.72. The Labute approximate surface area is 122 Å². The lowest BCUT2D eigenvalue weighted by Gasteiger charge is -2.17. The molecule has 0 aliphatic carbocycles. The largest absolute Gasteiger partial charge is 0.396 e. The number of nitrogens with zero attached hydrogens (tertiary/aromatic N) is 1. The average Bonchev–Trinajstić information content (AvgIpc) is 2.87. The summed E-state index contributed by atoms with van der Waals surface area (Å²) < 4.78 is 1.11. The standard InChI is InChI=1S/C15H18N2O2S/c1-10(9-18)11(2)16-14(19)7-8-15-17-12-5-3-4-6-13(12)20-15/h3-8,10-11,18H,9H2,1-2H3,(H,16,19)/b8-7+. The minimum atomic E-state index is -0.169. The van der Waals surface area contributed by atoms with E-state index in [4.69, 9.17) is 5.11 Å². The van der Waals surface area contributed by atoms with Crippen LogP contribution in [0.5, 0.6) is 0 Å². The Morgan fingerprint density at radius 2 is 2.20 bits per heavy atom. The first kappa shape index (κ1) is 14.7. The van der Waals surface area contributed by atoms with Crippen LogP contribution >= 0.6 is 11.3 Å². The van der Waals surface area contributed by atoms with Crippen LogP contribution in [-0.4, -0.2) is 28.6 Å². The average molecular weight is 290 g/mol. The van der Waals surface area contributed by atoms with Crippen molar-refractivity contribution in [1.29, 1.82) is 0 Å². The molecule has 0 saturated heterocycles. The monoisotopic (exact) mass is 290 g/mol. The fourth-order valence-electron chi connectivity index (χ4n) is 1.68. The van der Waals surface area contributed by atoms with Crippen LogP contribution in [-0.2, 0) is 4.79 Å². The summed E-state index contributed by atoms with van der Waals surface area (Å²) in [6.07, 6.45) is 3.20. The van der Waals surface area contributed by atoms with Gasteiger partial charge in [0.15, 0.2) is 0 Å². The predicted octanol–water partition coefficient (Wildman–Crippen LogP) is 2.44. The van der Waals surface area contributed by atoms with Crippen molar-refractivity contribution in [3.8, 4) is 0 Å². The number of fused-ring (bicyclic) bond motifs is 1. The number of aliphatic hydroxyl groups excluding tert-OH is 1. The van der Waals surface area contributed by atoms with E-state index in [-0.39, 0.29) is 24.5 Å². The summed E-state index contributed by atoms with van der Waals surface area (Å²) in [6, 6.07) is 7.82. The van der Waals surface area contributed by atoms with Crippen LogP contribution < -0.4 is 5.32 Å². The maximum Gasteiger partial charge on any atom is 0.244 e. The molecular formula is C15H18N2O2S. The highest BCUT2D eigenvalue weighted by Crippen LogP contribution is 2.22. The highest BCUT2D eigenvalue weighted by atomic mass is 32.1. The molecule has 0 fully saturated rings. The van der Waals surface area contributed by atoms with E-state index in [0.717, 1.165) is 15.2 Å². The molecule has 20 heavy (non-hydrogen) atoms. The summed E-state index contributed by atoms with van der Waals surface area (Å²) in [7, 11) is 0. The van der Waals surface area contributed by atoms with E-state index in [0.29, 0.717) is 0 Å². The minimum Gasteiger partial charge on any atom is -0.396 e. The lowest BCUT2D eigenvalue weighted by atomic mass is 10.1. The van der Waals surface area contributed by atoms with Gasteiger partial charge in [0.25, 0.3) is 0 Å². The van der Waals surface area contributed by atoms with Gasteiger partial charge in [-0.1, -0.05) is 19.1 Å². The van der Waals surface area contributed by atoms with Crippen molar-refractivity contribution in [2.45, 2.75) is 19.9 Å². The lowest BCUT2D eigenvalue weighted by molar-refractivity contribution is -0.117. The van der Waals surface area contributed by atoms with E-state index < -0.39 is 0 Å². The van der Waals surface area contributed by atoms with E-state index in [9.17, 15) is 4.79 Å². The molecule has 0 aliphatic rings. The molecule has 2 unspecified atom stereocenters. The van der Waals surface area contributed by atoms with E-state index in [1.807, 2.05) is 38.1 Å². The normalized spacial score (nSPS) is 14.6. The molecule has 0 aliphatic heterocycles. The zero-order valence-corrected chi connectivity index (χ0v) is 12.4. The van der Waals surface area contributed by atoms with E-state index in [1.165, 1.54) is 6.08 Å². The van der Waals surface area contributed by atoms with Crippen LogP contribution in [0, 0.1) is 5.92 Å². The van der Waals surface area contributed by atoms with Gasteiger partial charge in [-0.3, -0.25) is 4.79 Å². The van der Waals surface area contributed by atoms with Gasteiger partial charge in [0.05, 0.1) is 10.2 Å². The molecule has 106 valence electrons. The van der Waals surface area contributed by atoms with Crippen LogP contribution in [0.4, 0.5) is 0 Å². The van der Waals surface area contributed by atoms with Gasteiger partial charge in [-0.2, -0.15) is 0 Å². The lowest BCUT2D eigenvalue weighted by Crippen LogP contribution is -2.37. The SMILES string of the molecule is CC(CO)C(C)NC(=O)/C=C/c1nc2ccccc2s1. The smallest absolute Gasteiger partial charge is 0.244 e. The van der Waals surface area contributed by atoms with Gasteiger partial charge in [-0.15, -0.1) is 11.3 Å². The van der Waals surface area contributed by atoms with E-state index in [2.05, 4.69) is 10.3 Å². The molecule has 0 bridgehead atoms. The number of carbonyl (C=O) groups is 1. The number of aliphatic hydroxyl groups is 1. The second kappa shape index (κ2) is 6.63. The molecule has 0 radical (unpaired) electrons. The maximum absolute atomic E-state index is 11.8. The fraction of sp³-hybridized carbons (Fsp3) is 0.333. The third-order valence-electron chi connectivity index (χ3n) is 3.20.